The molecule has 0 saturated carbocycles. The third kappa shape index (κ3) is 5.85. The maximum atomic E-state index is 10.5. The number of hydrogen-bond acceptors (Lipinski definition) is 2. The second-order valence-corrected chi connectivity index (χ2v) is 4.83. The summed E-state index contributed by atoms with van der Waals surface area (Å²) in [6, 6.07) is 6.18. The van der Waals surface area contributed by atoms with E-state index in [1.54, 1.807) is 0 Å². The number of carboxylic acids is 1. The summed E-state index contributed by atoms with van der Waals surface area (Å²) >= 11 is 0. The molecular weight excluding hydrogens is 252 g/mol. The van der Waals surface area contributed by atoms with Crippen LogP contribution in [0.4, 0.5) is 0 Å². The fourth-order valence-electron chi connectivity index (χ4n) is 1.87. The van der Waals surface area contributed by atoms with Crippen LogP contribution in [0.5, 0.6) is 0 Å². The Labute approximate surface area is 120 Å². The van der Waals surface area contributed by atoms with Gasteiger partial charge in [-0.15, -0.1) is 0 Å². The summed E-state index contributed by atoms with van der Waals surface area (Å²) in [6.45, 7) is 4.14. The highest BCUT2D eigenvalue weighted by atomic mass is 16.4. The average molecular weight is 274 g/mol. The van der Waals surface area contributed by atoms with Crippen molar-refractivity contribution in [1.29, 1.82) is 0 Å². The van der Waals surface area contributed by atoms with Crippen LogP contribution in [0.2, 0.25) is 0 Å². The highest BCUT2D eigenvalue weighted by molar-refractivity contribution is 5.68. The van der Waals surface area contributed by atoms with Gasteiger partial charge in [-0.3, -0.25) is 4.79 Å². The Balaban J connectivity index is 2.75. The molecule has 0 heterocycles. The fourth-order valence-corrected chi connectivity index (χ4v) is 1.87. The number of aryl methyl sites for hydroxylation is 1. The third-order valence-corrected chi connectivity index (χ3v) is 2.89. The quantitative estimate of drug-likeness (QED) is 0.797. The molecule has 0 saturated heterocycles. The van der Waals surface area contributed by atoms with Gasteiger partial charge in [-0.1, -0.05) is 55.0 Å². The van der Waals surface area contributed by atoms with E-state index in [1.807, 2.05) is 31.2 Å². The number of aliphatic hydroxyl groups excluding tert-OH is 1. The molecule has 3 heteroatoms. The molecule has 0 bridgehead atoms. The van der Waals surface area contributed by atoms with Gasteiger partial charge in [0.05, 0.1) is 12.5 Å². The predicted molar refractivity (Wildman–Crippen MR) is 82.4 cm³/mol. The summed E-state index contributed by atoms with van der Waals surface area (Å²) in [5.41, 5.74) is 3.41. The lowest BCUT2D eigenvalue weighted by Crippen LogP contribution is -2.11. The van der Waals surface area contributed by atoms with E-state index in [1.165, 1.54) is 5.56 Å². The minimum absolute atomic E-state index is 0.221. The van der Waals surface area contributed by atoms with Crippen LogP contribution in [0.25, 0.3) is 12.2 Å². The third-order valence-electron chi connectivity index (χ3n) is 2.89. The van der Waals surface area contributed by atoms with Gasteiger partial charge in [0.2, 0.25) is 0 Å². The zero-order valence-corrected chi connectivity index (χ0v) is 12.0. The summed E-state index contributed by atoms with van der Waals surface area (Å²) < 4.78 is 0. The van der Waals surface area contributed by atoms with Crippen LogP contribution in [-0.2, 0) is 4.79 Å². The van der Waals surface area contributed by atoms with Gasteiger partial charge < -0.3 is 10.2 Å². The van der Waals surface area contributed by atoms with Gasteiger partial charge in [0.25, 0.3) is 0 Å². The molecule has 0 aliphatic heterocycles. The molecular formula is C17H22O3. The monoisotopic (exact) mass is 274 g/mol. The standard InChI is InChI=1S/C17H22O3/c1-3-4-6-15-11-13(2)9-10-14(15)7-5-8-16(18)12-17(19)20/h4-7,9-11,16,18H,3,8,12H2,1-2H3,(H,19,20)/b6-4+,7-5+/t16-/m0/s1. The molecule has 0 amide bonds. The lowest BCUT2D eigenvalue weighted by atomic mass is 10.0. The average Bonchev–Trinajstić information content (AvgIpc) is 2.37. The van der Waals surface area contributed by atoms with Crippen LogP contribution < -0.4 is 0 Å². The molecule has 3 nitrogen and oxygen atoms in total. The number of rotatable bonds is 7. The van der Waals surface area contributed by atoms with Gasteiger partial charge in [0.1, 0.15) is 0 Å². The number of benzene rings is 1. The topological polar surface area (TPSA) is 57.5 Å². The smallest absolute Gasteiger partial charge is 0.305 e. The van der Waals surface area contributed by atoms with E-state index >= 15 is 0 Å². The fraction of sp³-hybridized carbons (Fsp3) is 0.353. The lowest BCUT2D eigenvalue weighted by Gasteiger charge is -2.05. The molecule has 1 aromatic carbocycles. The van der Waals surface area contributed by atoms with Crippen molar-refractivity contribution in [2.45, 2.75) is 39.2 Å². The molecule has 0 aliphatic rings. The first kappa shape index (κ1) is 16.2. The van der Waals surface area contributed by atoms with E-state index in [0.717, 1.165) is 17.5 Å². The normalized spacial score (nSPS) is 13.2. The van der Waals surface area contributed by atoms with Gasteiger partial charge in [0, 0.05) is 0 Å². The first-order valence-corrected chi connectivity index (χ1v) is 6.86. The molecule has 0 radical (unpaired) electrons. The van der Waals surface area contributed by atoms with E-state index < -0.39 is 12.1 Å². The van der Waals surface area contributed by atoms with Crippen molar-refractivity contribution in [3.8, 4) is 0 Å². The second-order valence-electron chi connectivity index (χ2n) is 4.83. The van der Waals surface area contributed by atoms with Gasteiger partial charge in [0.15, 0.2) is 0 Å². The molecule has 108 valence electrons. The second kappa shape index (κ2) is 8.33. The maximum Gasteiger partial charge on any atom is 0.305 e. The zero-order valence-electron chi connectivity index (χ0n) is 12.0. The molecule has 0 fully saturated rings. The van der Waals surface area contributed by atoms with Crippen LogP contribution in [0.1, 0.15) is 42.9 Å². The number of carbonyl (C=O) groups is 1. The molecule has 2 N–H and O–H groups in total. The van der Waals surface area contributed by atoms with Gasteiger partial charge >= 0.3 is 5.97 Å². The van der Waals surface area contributed by atoms with E-state index in [9.17, 15) is 9.90 Å². The van der Waals surface area contributed by atoms with E-state index in [2.05, 4.69) is 25.1 Å². The van der Waals surface area contributed by atoms with Gasteiger partial charge in [-0.2, -0.15) is 0 Å². The number of aliphatic carboxylic acids is 1. The van der Waals surface area contributed by atoms with Crippen LogP contribution in [-0.4, -0.2) is 22.3 Å². The Bertz CT molecular complexity index is 501. The lowest BCUT2D eigenvalue weighted by molar-refractivity contribution is -0.139. The van der Waals surface area contributed by atoms with Crippen molar-refractivity contribution in [3.05, 3.63) is 47.0 Å². The van der Waals surface area contributed by atoms with Gasteiger partial charge in [-0.25, -0.2) is 0 Å². The summed E-state index contributed by atoms with van der Waals surface area (Å²) in [5, 5.41) is 18.1. The highest BCUT2D eigenvalue weighted by Crippen LogP contribution is 2.16. The van der Waals surface area contributed by atoms with Crippen LogP contribution >= 0.6 is 0 Å². The van der Waals surface area contributed by atoms with Crippen LogP contribution in [0.3, 0.4) is 0 Å². The Morgan fingerprint density at radius 1 is 1.25 bits per heavy atom. The number of aliphatic hydroxyl groups is 1. The summed E-state index contributed by atoms with van der Waals surface area (Å²) in [7, 11) is 0. The molecule has 0 unspecified atom stereocenters. The Hall–Kier alpha value is -1.87. The number of allylic oxidation sites excluding steroid dienone is 1. The van der Waals surface area contributed by atoms with E-state index in [-0.39, 0.29) is 6.42 Å². The van der Waals surface area contributed by atoms with Gasteiger partial charge in [-0.05, 0) is 30.9 Å². The molecule has 0 aromatic heterocycles. The zero-order chi connectivity index (χ0) is 15.0. The summed E-state index contributed by atoms with van der Waals surface area (Å²) in [4.78, 5) is 10.5. The van der Waals surface area contributed by atoms with Crippen molar-refractivity contribution < 1.29 is 15.0 Å². The minimum atomic E-state index is -0.979. The molecule has 0 spiro atoms. The molecule has 1 atom stereocenters. The van der Waals surface area contributed by atoms with Crippen LogP contribution in [0, 0.1) is 6.92 Å². The molecule has 1 rings (SSSR count). The van der Waals surface area contributed by atoms with Crippen molar-refractivity contribution in [3.63, 3.8) is 0 Å². The molecule has 20 heavy (non-hydrogen) atoms. The minimum Gasteiger partial charge on any atom is -0.481 e. The van der Waals surface area contributed by atoms with Crippen molar-refractivity contribution in [1.82, 2.24) is 0 Å². The van der Waals surface area contributed by atoms with E-state index in [4.69, 9.17) is 5.11 Å². The van der Waals surface area contributed by atoms with E-state index in [0.29, 0.717) is 6.42 Å². The predicted octanol–water partition coefficient (Wildman–Crippen LogP) is 3.66. The molecule has 0 aliphatic carbocycles. The SMILES string of the molecule is CC/C=C/c1cc(C)ccc1/C=C/C[C@H](O)CC(=O)O. The van der Waals surface area contributed by atoms with Crippen molar-refractivity contribution in [2.75, 3.05) is 0 Å². The summed E-state index contributed by atoms with van der Waals surface area (Å²) in [5.74, 6) is -0.979. The largest absolute Gasteiger partial charge is 0.481 e. The Morgan fingerprint density at radius 2 is 1.95 bits per heavy atom. The van der Waals surface area contributed by atoms with Crippen LogP contribution in [0.15, 0.2) is 30.4 Å². The number of carboxylic acid groups (broad SMARTS) is 1. The highest BCUT2D eigenvalue weighted by Gasteiger charge is 2.06. The first-order valence-electron chi connectivity index (χ1n) is 6.86. The number of hydrogen-bond donors (Lipinski definition) is 2. The Kier molecular flexibility index (Phi) is 6.74. The Morgan fingerprint density at radius 3 is 2.60 bits per heavy atom. The summed E-state index contributed by atoms with van der Waals surface area (Å²) in [6.07, 6.45) is 8.21. The first-order chi connectivity index (χ1) is 9.52. The van der Waals surface area contributed by atoms with Crippen molar-refractivity contribution in [2.24, 2.45) is 0 Å². The maximum absolute atomic E-state index is 10.5. The van der Waals surface area contributed by atoms with Crippen molar-refractivity contribution >= 4 is 18.1 Å². The molecule has 1 aromatic rings.